The lowest BCUT2D eigenvalue weighted by molar-refractivity contribution is 0.00842. The molecule has 0 heterocycles. The smallest absolute Gasteiger partial charge is 0.341 e. The van der Waals surface area contributed by atoms with Gasteiger partial charge in [0.25, 0.3) is 0 Å². The Hall–Kier alpha value is -1.54. The third-order valence-corrected chi connectivity index (χ3v) is 3.77. The third kappa shape index (κ3) is 2.90. The fourth-order valence-corrected chi connectivity index (χ4v) is 2.26. The van der Waals surface area contributed by atoms with Crippen molar-refractivity contribution in [1.82, 2.24) is 0 Å². The predicted molar refractivity (Wildman–Crippen MR) is 60.8 cm³/mol. The number of primary sulfonamides is 1. The zero-order chi connectivity index (χ0) is 14.2. The number of carbonyl (C=O) groups excluding carboxylic acids is 1. The highest BCUT2D eigenvalue weighted by Crippen LogP contribution is 2.25. The van der Waals surface area contributed by atoms with Gasteiger partial charge in [-0.1, -0.05) is 0 Å². The average molecular weight is 291 g/mol. The van der Waals surface area contributed by atoms with E-state index in [1.165, 1.54) is 0 Å². The standard InChI is InChI=1S/C11H11F2NO4S/c12-6-4-8(11(15)18-7-2-1-3-7)10(13)9(5-6)19(14,16)17/h4-5,7H,1-3H2,(H2,14,16,17). The van der Waals surface area contributed by atoms with E-state index in [1.54, 1.807) is 0 Å². The Morgan fingerprint density at radius 2 is 1.95 bits per heavy atom. The van der Waals surface area contributed by atoms with Gasteiger partial charge in [0.05, 0.1) is 5.56 Å². The van der Waals surface area contributed by atoms with Crippen LogP contribution in [-0.2, 0) is 14.8 Å². The van der Waals surface area contributed by atoms with E-state index in [-0.39, 0.29) is 6.10 Å². The highest BCUT2D eigenvalue weighted by molar-refractivity contribution is 7.89. The summed E-state index contributed by atoms with van der Waals surface area (Å²) in [5.74, 6) is -3.56. The van der Waals surface area contributed by atoms with Gasteiger partial charge in [0.15, 0.2) is 5.82 Å². The fourth-order valence-electron chi connectivity index (χ4n) is 1.62. The van der Waals surface area contributed by atoms with Crippen LogP contribution in [0.2, 0.25) is 0 Å². The van der Waals surface area contributed by atoms with Crippen LogP contribution in [0.3, 0.4) is 0 Å². The fraction of sp³-hybridized carbons (Fsp3) is 0.364. The molecule has 0 atom stereocenters. The molecular weight excluding hydrogens is 280 g/mol. The number of hydrogen-bond acceptors (Lipinski definition) is 4. The van der Waals surface area contributed by atoms with Gasteiger partial charge in [0.2, 0.25) is 10.0 Å². The summed E-state index contributed by atoms with van der Waals surface area (Å²) in [7, 11) is -4.45. The number of rotatable bonds is 3. The molecule has 1 aromatic rings. The second-order valence-corrected chi connectivity index (χ2v) is 5.80. The van der Waals surface area contributed by atoms with E-state index in [0.29, 0.717) is 25.0 Å². The van der Waals surface area contributed by atoms with Gasteiger partial charge >= 0.3 is 5.97 Å². The lowest BCUT2D eigenvalue weighted by Gasteiger charge is -2.25. The van der Waals surface area contributed by atoms with E-state index < -0.39 is 38.1 Å². The summed E-state index contributed by atoms with van der Waals surface area (Å²) in [6.45, 7) is 0. The van der Waals surface area contributed by atoms with Gasteiger partial charge in [-0.2, -0.15) is 0 Å². The molecule has 19 heavy (non-hydrogen) atoms. The molecule has 0 aliphatic heterocycles. The van der Waals surface area contributed by atoms with Crippen LogP contribution in [0, 0.1) is 11.6 Å². The first-order valence-electron chi connectivity index (χ1n) is 5.52. The summed E-state index contributed by atoms with van der Waals surface area (Å²) in [4.78, 5) is 10.6. The second-order valence-electron chi connectivity index (χ2n) is 4.27. The number of sulfonamides is 1. The van der Waals surface area contributed by atoms with Gasteiger partial charge < -0.3 is 4.74 Å². The molecule has 0 saturated heterocycles. The van der Waals surface area contributed by atoms with Crippen LogP contribution in [0.25, 0.3) is 0 Å². The zero-order valence-corrected chi connectivity index (χ0v) is 10.5. The van der Waals surface area contributed by atoms with E-state index in [0.717, 1.165) is 6.42 Å². The van der Waals surface area contributed by atoms with E-state index in [1.807, 2.05) is 0 Å². The van der Waals surface area contributed by atoms with Gasteiger partial charge in [0.1, 0.15) is 16.8 Å². The Morgan fingerprint density at radius 1 is 1.32 bits per heavy atom. The molecule has 2 rings (SSSR count). The molecule has 1 aliphatic rings. The molecule has 0 bridgehead atoms. The normalized spacial score (nSPS) is 15.9. The third-order valence-electron chi connectivity index (χ3n) is 2.86. The van der Waals surface area contributed by atoms with Crippen molar-refractivity contribution in [3.05, 3.63) is 29.3 Å². The molecule has 0 radical (unpaired) electrons. The molecule has 104 valence electrons. The van der Waals surface area contributed by atoms with Gasteiger partial charge in [-0.05, 0) is 31.4 Å². The molecule has 1 saturated carbocycles. The number of halogens is 2. The Bertz CT molecular complexity index is 626. The van der Waals surface area contributed by atoms with Crippen LogP contribution in [0.4, 0.5) is 8.78 Å². The van der Waals surface area contributed by atoms with Crippen molar-refractivity contribution in [2.45, 2.75) is 30.3 Å². The maximum absolute atomic E-state index is 13.8. The van der Waals surface area contributed by atoms with Crippen molar-refractivity contribution >= 4 is 16.0 Å². The minimum Gasteiger partial charge on any atom is -0.459 e. The summed E-state index contributed by atoms with van der Waals surface area (Å²) in [6, 6.07) is 1.01. The number of nitrogens with two attached hydrogens (primary N) is 1. The van der Waals surface area contributed by atoms with Crippen LogP contribution >= 0.6 is 0 Å². The van der Waals surface area contributed by atoms with E-state index in [2.05, 4.69) is 0 Å². The van der Waals surface area contributed by atoms with Crippen LogP contribution in [-0.4, -0.2) is 20.5 Å². The summed E-state index contributed by atoms with van der Waals surface area (Å²) < 4.78 is 54.2. The van der Waals surface area contributed by atoms with Gasteiger partial charge in [0, 0.05) is 0 Å². The minimum absolute atomic E-state index is 0.326. The first-order chi connectivity index (χ1) is 8.79. The summed E-state index contributed by atoms with van der Waals surface area (Å²) >= 11 is 0. The highest BCUT2D eigenvalue weighted by Gasteiger charge is 2.27. The molecular formula is C11H11F2NO4S. The minimum atomic E-state index is -4.45. The van der Waals surface area contributed by atoms with Crippen LogP contribution < -0.4 is 5.14 Å². The monoisotopic (exact) mass is 291 g/mol. The summed E-state index contributed by atoms with van der Waals surface area (Å²) in [5, 5.41) is 4.75. The van der Waals surface area contributed by atoms with Gasteiger partial charge in [-0.3, -0.25) is 0 Å². The maximum atomic E-state index is 13.8. The summed E-state index contributed by atoms with van der Waals surface area (Å²) in [5.41, 5.74) is -0.768. The number of benzene rings is 1. The zero-order valence-electron chi connectivity index (χ0n) is 9.73. The Morgan fingerprint density at radius 3 is 2.42 bits per heavy atom. The SMILES string of the molecule is NS(=O)(=O)c1cc(F)cc(C(=O)OC2CCC2)c1F. The molecule has 0 unspecified atom stereocenters. The van der Waals surface area contributed by atoms with Crippen LogP contribution in [0.5, 0.6) is 0 Å². The van der Waals surface area contributed by atoms with Gasteiger partial charge in [-0.15, -0.1) is 0 Å². The predicted octanol–water partition coefficient (Wildman–Crippen LogP) is 1.32. The number of ether oxygens (including phenoxy) is 1. The van der Waals surface area contributed by atoms with E-state index in [4.69, 9.17) is 9.88 Å². The first kappa shape index (κ1) is 13.9. The molecule has 1 aliphatic carbocycles. The Balaban J connectivity index is 2.39. The molecule has 0 spiro atoms. The molecule has 8 heteroatoms. The number of esters is 1. The molecule has 0 aromatic heterocycles. The van der Waals surface area contributed by atoms with Crippen molar-refractivity contribution in [1.29, 1.82) is 0 Å². The summed E-state index contributed by atoms with van der Waals surface area (Å²) in [6.07, 6.45) is 1.88. The van der Waals surface area contributed by atoms with Crippen molar-refractivity contribution in [2.75, 3.05) is 0 Å². The van der Waals surface area contributed by atoms with E-state index in [9.17, 15) is 22.0 Å². The average Bonchev–Trinajstić information content (AvgIpc) is 2.24. The molecule has 1 aromatic carbocycles. The van der Waals surface area contributed by atoms with Gasteiger partial charge in [-0.25, -0.2) is 27.1 Å². The maximum Gasteiger partial charge on any atom is 0.341 e. The Kier molecular flexibility index (Phi) is 3.55. The Labute approximate surface area is 108 Å². The first-order valence-corrected chi connectivity index (χ1v) is 7.06. The van der Waals surface area contributed by atoms with Crippen molar-refractivity contribution < 1.29 is 26.7 Å². The quantitative estimate of drug-likeness (QED) is 0.851. The van der Waals surface area contributed by atoms with Crippen molar-refractivity contribution in [3.8, 4) is 0 Å². The van der Waals surface area contributed by atoms with E-state index >= 15 is 0 Å². The largest absolute Gasteiger partial charge is 0.459 e. The van der Waals surface area contributed by atoms with Crippen LogP contribution in [0.1, 0.15) is 29.6 Å². The molecule has 2 N–H and O–H groups in total. The second kappa shape index (κ2) is 4.86. The topological polar surface area (TPSA) is 86.5 Å². The lowest BCUT2D eigenvalue weighted by atomic mass is 9.96. The highest BCUT2D eigenvalue weighted by atomic mass is 32.2. The van der Waals surface area contributed by atoms with Crippen LogP contribution in [0.15, 0.2) is 17.0 Å². The number of carbonyl (C=O) groups is 1. The lowest BCUT2D eigenvalue weighted by Crippen LogP contribution is -2.26. The molecule has 5 nitrogen and oxygen atoms in total. The van der Waals surface area contributed by atoms with Crippen molar-refractivity contribution in [2.24, 2.45) is 5.14 Å². The molecule has 1 fully saturated rings. The number of hydrogen-bond donors (Lipinski definition) is 1. The molecule has 0 amide bonds. The van der Waals surface area contributed by atoms with Crippen molar-refractivity contribution in [3.63, 3.8) is 0 Å².